The first-order valence-corrected chi connectivity index (χ1v) is 18.7. The van der Waals surface area contributed by atoms with E-state index in [9.17, 15) is 0 Å². The van der Waals surface area contributed by atoms with Crippen LogP contribution in [0.3, 0.4) is 0 Å². The van der Waals surface area contributed by atoms with Gasteiger partial charge in [0, 0.05) is 32.3 Å². The van der Waals surface area contributed by atoms with Crippen molar-refractivity contribution in [3.8, 4) is 33.4 Å². The highest BCUT2D eigenvalue weighted by atomic mass is 16.3. The van der Waals surface area contributed by atoms with Gasteiger partial charge in [-0.25, -0.2) is 0 Å². The van der Waals surface area contributed by atoms with Crippen molar-refractivity contribution >= 4 is 98.1 Å². The van der Waals surface area contributed by atoms with Crippen LogP contribution in [-0.4, -0.2) is 0 Å². The fourth-order valence-electron chi connectivity index (χ4n) is 9.57. The molecule has 3 aromatic heterocycles. The third kappa shape index (κ3) is 3.89. The van der Waals surface area contributed by atoms with E-state index in [1.54, 1.807) is 0 Å². The monoisotopic (exact) mass is 700 g/mol. The lowest BCUT2D eigenvalue weighted by Crippen LogP contribution is -1.93. The van der Waals surface area contributed by atoms with Crippen molar-refractivity contribution in [2.45, 2.75) is 0 Å². The van der Waals surface area contributed by atoms with Crippen LogP contribution in [0.4, 0.5) is 0 Å². The molecule has 3 heterocycles. The molecule has 0 fully saturated rings. The lowest BCUT2D eigenvalue weighted by molar-refractivity contribution is 0.668. The van der Waals surface area contributed by atoms with Crippen molar-refractivity contribution in [2.75, 3.05) is 0 Å². The molecule has 254 valence electrons. The third-order valence-corrected chi connectivity index (χ3v) is 11.9. The second-order valence-corrected chi connectivity index (χ2v) is 14.7. The molecule has 0 radical (unpaired) electrons. The zero-order valence-electron chi connectivity index (χ0n) is 29.4. The summed E-state index contributed by atoms with van der Waals surface area (Å²) in [7, 11) is 0. The van der Waals surface area contributed by atoms with Gasteiger partial charge in [-0.2, -0.15) is 0 Å². The van der Waals surface area contributed by atoms with E-state index in [0.717, 1.165) is 76.9 Å². The molecule has 0 N–H and O–H groups in total. The van der Waals surface area contributed by atoms with Crippen molar-refractivity contribution in [3.63, 3.8) is 0 Å². The highest BCUT2D eigenvalue weighted by molar-refractivity contribution is 6.32. The number of rotatable bonds is 3. The first kappa shape index (κ1) is 29.1. The van der Waals surface area contributed by atoms with Gasteiger partial charge >= 0.3 is 0 Å². The van der Waals surface area contributed by atoms with Gasteiger partial charge in [-0.1, -0.05) is 127 Å². The van der Waals surface area contributed by atoms with Crippen LogP contribution in [0.2, 0.25) is 0 Å². The highest BCUT2D eigenvalue weighted by Crippen LogP contribution is 2.50. The molecule has 0 saturated heterocycles. The van der Waals surface area contributed by atoms with Crippen molar-refractivity contribution < 1.29 is 13.3 Å². The van der Waals surface area contributed by atoms with E-state index in [1.807, 2.05) is 18.2 Å². The molecule has 0 saturated carbocycles. The second kappa shape index (κ2) is 10.6. The van der Waals surface area contributed by atoms with Gasteiger partial charge in [0.25, 0.3) is 0 Å². The Bertz CT molecular complexity index is 3590. The predicted octanol–water partition coefficient (Wildman–Crippen LogP) is 15.3. The second-order valence-electron chi connectivity index (χ2n) is 14.7. The minimum Gasteiger partial charge on any atom is -0.456 e. The SMILES string of the molecule is c1ccc2c(c1)oc1cccc(-c3ccc4ccc5c(-c6cccc7oc8ccccc8c67)cc(-c6cccc7oc8ccccc8c67)c6ccc3c4c56)c12. The summed E-state index contributed by atoms with van der Waals surface area (Å²) in [6, 6.07) is 60.7. The Kier molecular flexibility index (Phi) is 5.63. The van der Waals surface area contributed by atoms with Crippen LogP contribution >= 0.6 is 0 Å². The summed E-state index contributed by atoms with van der Waals surface area (Å²) in [5.74, 6) is 0. The summed E-state index contributed by atoms with van der Waals surface area (Å²) in [5, 5.41) is 14.1. The smallest absolute Gasteiger partial charge is 0.136 e. The Morgan fingerprint density at radius 1 is 0.218 bits per heavy atom. The number of fused-ring (bicyclic) bond motifs is 9. The third-order valence-electron chi connectivity index (χ3n) is 11.9. The zero-order chi connectivity index (χ0) is 35.8. The molecular formula is C52H28O3. The van der Waals surface area contributed by atoms with Gasteiger partial charge in [-0.15, -0.1) is 0 Å². The Labute approximate surface area is 313 Å². The van der Waals surface area contributed by atoms with Gasteiger partial charge < -0.3 is 13.3 Å². The highest BCUT2D eigenvalue weighted by Gasteiger charge is 2.23. The van der Waals surface area contributed by atoms with E-state index in [2.05, 4.69) is 152 Å². The summed E-state index contributed by atoms with van der Waals surface area (Å²) in [5.41, 5.74) is 12.4. The normalized spacial score (nSPS) is 12.4. The molecule has 13 aromatic rings. The van der Waals surface area contributed by atoms with Crippen LogP contribution in [0, 0.1) is 0 Å². The molecule has 13 rings (SSSR count). The maximum absolute atomic E-state index is 6.45. The van der Waals surface area contributed by atoms with E-state index in [1.165, 1.54) is 54.6 Å². The summed E-state index contributed by atoms with van der Waals surface area (Å²) in [6.07, 6.45) is 0. The maximum atomic E-state index is 6.45. The fraction of sp³-hybridized carbons (Fsp3) is 0. The quantitative estimate of drug-likeness (QED) is 0.172. The molecule has 0 bridgehead atoms. The summed E-state index contributed by atoms with van der Waals surface area (Å²) < 4.78 is 19.3. The molecule has 0 spiro atoms. The predicted molar refractivity (Wildman–Crippen MR) is 228 cm³/mol. The molecule has 10 aromatic carbocycles. The molecule has 0 atom stereocenters. The largest absolute Gasteiger partial charge is 0.456 e. The molecule has 3 nitrogen and oxygen atoms in total. The van der Waals surface area contributed by atoms with Crippen molar-refractivity contribution in [1.29, 1.82) is 0 Å². The van der Waals surface area contributed by atoms with Crippen molar-refractivity contribution in [2.24, 2.45) is 0 Å². The van der Waals surface area contributed by atoms with Gasteiger partial charge in [0.2, 0.25) is 0 Å². The van der Waals surface area contributed by atoms with Gasteiger partial charge in [-0.3, -0.25) is 0 Å². The standard InChI is InChI=1S/C52H28O3/c1-4-16-42-37(10-1)49-31(13-7-19-45(49)53-42)30-24-22-29-23-25-35-40(32-14-8-20-46-50(32)38-11-2-5-17-43(38)54-46)28-41(36-27-26-34(30)48(29)52(35)36)33-15-9-21-47-51(33)39-12-3-6-18-44(39)55-47/h1-28H. The lowest BCUT2D eigenvalue weighted by Gasteiger charge is -2.20. The molecule has 3 heteroatoms. The Morgan fingerprint density at radius 3 is 1.09 bits per heavy atom. The topological polar surface area (TPSA) is 39.4 Å². The van der Waals surface area contributed by atoms with Crippen molar-refractivity contribution in [3.05, 3.63) is 170 Å². The van der Waals surface area contributed by atoms with Crippen LogP contribution in [0.1, 0.15) is 0 Å². The zero-order valence-corrected chi connectivity index (χ0v) is 29.4. The molecular weight excluding hydrogens is 673 g/mol. The van der Waals surface area contributed by atoms with Crippen LogP contribution in [0.25, 0.3) is 132 Å². The van der Waals surface area contributed by atoms with E-state index < -0.39 is 0 Å². The Balaban J connectivity index is 1.21. The van der Waals surface area contributed by atoms with Crippen LogP contribution in [-0.2, 0) is 0 Å². The molecule has 0 unspecified atom stereocenters. The van der Waals surface area contributed by atoms with Crippen molar-refractivity contribution in [1.82, 2.24) is 0 Å². The number of hydrogen-bond donors (Lipinski definition) is 0. The number of para-hydroxylation sites is 3. The average Bonchev–Trinajstić information content (AvgIpc) is 3.94. The van der Waals surface area contributed by atoms with E-state index >= 15 is 0 Å². The van der Waals surface area contributed by atoms with Gasteiger partial charge in [0.1, 0.15) is 33.5 Å². The first-order chi connectivity index (χ1) is 27.3. The van der Waals surface area contributed by atoms with E-state index in [4.69, 9.17) is 13.3 Å². The Hall–Kier alpha value is -7.36. The molecule has 0 aliphatic heterocycles. The summed E-state index contributed by atoms with van der Waals surface area (Å²) in [6.45, 7) is 0. The molecule has 0 aliphatic carbocycles. The summed E-state index contributed by atoms with van der Waals surface area (Å²) >= 11 is 0. The fourth-order valence-corrected chi connectivity index (χ4v) is 9.57. The average molecular weight is 701 g/mol. The van der Waals surface area contributed by atoms with Crippen LogP contribution < -0.4 is 0 Å². The van der Waals surface area contributed by atoms with E-state index in [-0.39, 0.29) is 0 Å². The minimum atomic E-state index is 0.886. The van der Waals surface area contributed by atoms with Crippen LogP contribution in [0.5, 0.6) is 0 Å². The summed E-state index contributed by atoms with van der Waals surface area (Å²) in [4.78, 5) is 0. The number of furan rings is 3. The molecule has 0 aliphatic rings. The van der Waals surface area contributed by atoms with Gasteiger partial charge in [0.05, 0.1) is 0 Å². The first-order valence-electron chi connectivity index (χ1n) is 18.7. The number of hydrogen-bond acceptors (Lipinski definition) is 3. The maximum Gasteiger partial charge on any atom is 0.136 e. The van der Waals surface area contributed by atoms with Gasteiger partial charge in [-0.05, 0) is 108 Å². The number of benzene rings is 10. The molecule has 0 amide bonds. The van der Waals surface area contributed by atoms with Crippen LogP contribution in [0.15, 0.2) is 183 Å². The van der Waals surface area contributed by atoms with Gasteiger partial charge in [0.15, 0.2) is 0 Å². The lowest BCUT2D eigenvalue weighted by atomic mass is 9.82. The van der Waals surface area contributed by atoms with E-state index in [0.29, 0.717) is 0 Å². The Morgan fingerprint density at radius 2 is 0.600 bits per heavy atom. The molecule has 55 heavy (non-hydrogen) atoms. The minimum absolute atomic E-state index is 0.886.